The SMILES string of the molecule is COc1cc2c(cc1Nc1ncc(Cl)c(Nc3ccccc3S(=O)(=O)N(C)C)n1)CCCC(N1CCN(CCO)CC1)C2. The van der Waals surface area contributed by atoms with E-state index in [2.05, 4.69) is 42.5 Å². The number of rotatable bonds is 10. The molecule has 11 nitrogen and oxygen atoms in total. The second-order valence-corrected chi connectivity index (χ2v) is 13.6. The Morgan fingerprint density at radius 2 is 1.86 bits per heavy atom. The van der Waals surface area contributed by atoms with E-state index in [0.29, 0.717) is 23.4 Å². The molecule has 1 fully saturated rings. The normalized spacial score (nSPS) is 18.2. The molecule has 3 aromatic rings. The van der Waals surface area contributed by atoms with Crippen LogP contribution in [0.25, 0.3) is 0 Å². The van der Waals surface area contributed by atoms with Gasteiger partial charge >= 0.3 is 0 Å². The van der Waals surface area contributed by atoms with Gasteiger partial charge in [-0.3, -0.25) is 9.80 Å². The molecule has 3 N–H and O–H groups in total. The smallest absolute Gasteiger partial charge is 0.244 e. The lowest BCUT2D eigenvalue weighted by Gasteiger charge is -2.39. The van der Waals surface area contributed by atoms with Crippen molar-refractivity contribution in [3.8, 4) is 5.75 Å². The summed E-state index contributed by atoms with van der Waals surface area (Å²) in [7, 11) is 0.928. The van der Waals surface area contributed by atoms with Crippen molar-refractivity contribution in [1.82, 2.24) is 24.1 Å². The lowest BCUT2D eigenvalue weighted by molar-refractivity contribution is 0.0805. The first-order valence-corrected chi connectivity index (χ1v) is 16.4. The van der Waals surface area contributed by atoms with Crippen LogP contribution >= 0.6 is 11.6 Å². The molecule has 2 aromatic carbocycles. The van der Waals surface area contributed by atoms with Crippen molar-refractivity contribution >= 4 is 44.8 Å². The van der Waals surface area contributed by atoms with Gasteiger partial charge in [0.25, 0.3) is 0 Å². The molecule has 1 aliphatic heterocycles. The molecule has 0 saturated carbocycles. The lowest BCUT2D eigenvalue weighted by atomic mass is 9.99. The Bertz CT molecular complexity index is 1530. The Hall–Kier alpha value is -3.00. The first-order chi connectivity index (χ1) is 20.7. The summed E-state index contributed by atoms with van der Waals surface area (Å²) < 4.78 is 32.7. The van der Waals surface area contributed by atoms with Crippen molar-refractivity contribution < 1.29 is 18.3 Å². The number of piperazine rings is 1. The Balaban J connectivity index is 1.35. The second kappa shape index (κ2) is 13.7. The van der Waals surface area contributed by atoms with Gasteiger partial charge in [0.2, 0.25) is 16.0 Å². The Kier molecular flexibility index (Phi) is 10.0. The van der Waals surface area contributed by atoms with Gasteiger partial charge in [0.15, 0.2) is 5.82 Å². The molecule has 2 aliphatic rings. The summed E-state index contributed by atoms with van der Waals surface area (Å²) in [5.74, 6) is 1.27. The fourth-order valence-corrected chi connectivity index (χ4v) is 6.98. The number of anilines is 4. The van der Waals surface area contributed by atoms with E-state index >= 15 is 0 Å². The number of aryl methyl sites for hydroxylation is 1. The minimum atomic E-state index is -3.70. The van der Waals surface area contributed by atoms with E-state index in [1.807, 2.05) is 0 Å². The molecule has 232 valence electrons. The Morgan fingerprint density at radius 1 is 1.09 bits per heavy atom. The molecule has 1 aromatic heterocycles. The van der Waals surface area contributed by atoms with Gasteiger partial charge < -0.3 is 20.5 Å². The van der Waals surface area contributed by atoms with Gasteiger partial charge in [0.1, 0.15) is 15.7 Å². The minimum absolute atomic E-state index is 0.113. The predicted octanol–water partition coefficient (Wildman–Crippen LogP) is 3.73. The van der Waals surface area contributed by atoms with Crippen molar-refractivity contribution in [1.29, 1.82) is 0 Å². The van der Waals surface area contributed by atoms with E-state index in [1.54, 1.807) is 25.3 Å². The first-order valence-electron chi connectivity index (χ1n) is 14.5. The van der Waals surface area contributed by atoms with Crippen LogP contribution in [0, 0.1) is 0 Å². The molecule has 5 rings (SSSR count). The number of nitrogens with one attached hydrogen (secondary N) is 2. The Morgan fingerprint density at radius 3 is 2.58 bits per heavy atom. The molecule has 2 heterocycles. The Labute approximate surface area is 258 Å². The van der Waals surface area contributed by atoms with Gasteiger partial charge in [-0.2, -0.15) is 4.98 Å². The third-order valence-electron chi connectivity index (χ3n) is 8.19. The number of hydrogen-bond acceptors (Lipinski definition) is 10. The standard InChI is InChI=1S/C30H40ClN7O4S/c1-36(2)43(40,41)28-10-5-4-9-25(28)33-29-24(31)20-32-30(35-29)34-26-18-21-7-6-8-23(17-22(21)19-27(26)42-3)38-13-11-37(12-14-38)15-16-39/h4-5,9-10,18-20,23,39H,6-8,11-17H2,1-3H3,(H2,32,33,34,35). The van der Waals surface area contributed by atoms with Gasteiger partial charge in [-0.25, -0.2) is 17.7 Å². The van der Waals surface area contributed by atoms with Crippen molar-refractivity contribution in [2.45, 2.75) is 36.6 Å². The van der Waals surface area contributed by atoms with Crippen LogP contribution < -0.4 is 15.4 Å². The predicted molar refractivity (Wildman–Crippen MR) is 169 cm³/mol. The molecule has 0 amide bonds. The van der Waals surface area contributed by atoms with E-state index in [-0.39, 0.29) is 22.3 Å². The van der Waals surface area contributed by atoms with Gasteiger partial charge in [-0.15, -0.1) is 0 Å². The summed E-state index contributed by atoms with van der Waals surface area (Å²) in [6, 6.07) is 11.3. The minimum Gasteiger partial charge on any atom is -0.495 e. The summed E-state index contributed by atoms with van der Waals surface area (Å²) in [4.78, 5) is 14.0. The summed E-state index contributed by atoms with van der Waals surface area (Å²) in [5, 5.41) is 15.9. The monoisotopic (exact) mass is 629 g/mol. The van der Waals surface area contributed by atoms with Crippen LogP contribution in [0.15, 0.2) is 47.5 Å². The largest absolute Gasteiger partial charge is 0.495 e. The fourth-order valence-electron chi connectivity index (χ4n) is 5.80. The van der Waals surface area contributed by atoms with Crippen molar-refractivity contribution in [2.24, 2.45) is 0 Å². The molecule has 43 heavy (non-hydrogen) atoms. The van der Waals surface area contributed by atoms with Crippen LogP contribution in [0.1, 0.15) is 24.0 Å². The molecule has 1 unspecified atom stereocenters. The number of aliphatic hydroxyl groups excluding tert-OH is 1. The zero-order chi connectivity index (χ0) is 30.6. The molecule has 0 radical (unpaired) electrons. The zero-order valence-electron chi connectivity index (χ0n) is 24.9. The number of aromatic nitrogens is 2. The molecule has 0 spiro atoms. The van der Waals surface area contributed by atoms with Crippen LogP contribution in [0.5, 0.6) is 5.75 Å². The zero-order valence-corrected chi connectivity index (χ0v) is 26.5. The number of hydrogen-bond donors (Lipinski definition) is 3. The van der Waals surface area contributed by atoms with Crippen LogP contribution in [0.2, 0.25) is 5.02 Å². The molecular weight excluding hydrogens is 590 g/mol. The van der Waals surface area contributed by atoms with Crippen molar-refractivity contribution in [3.63, 3.8) is 0 Å². The number of benzene rings is 2. The second-order valence-electron chi connectivity index (χ2n) is 11.1. The highest BCUT2D eigenvalue weighted by atomic mass is 35.5. The average molecular weight is 630 g/mol. The number of methoxy groups -OCH3 is 1. The highest BCUT2D eigenvalue weighted by molar-refractivity contribution is 7.89. The van der Waals surface area contributed by atoms with E-state index in [1.165, 1.54) is 37.5 Å². The van der Waals surface area contributed by atoms with Crippen LogP contribution in [0.3, 0.4) is 0 Å². The van der Waals surface area contributed by atoms with Crippen molar-refractivity contribution in [3.05, 3.63) is 58.7 Å². The number of nitrogens with zero attached hydrogens (tertiary/aromatic N) is 5. The van der Waals surface area contributed by atoms with Crippen molar-refractivity contribution in [2.75, 3.05) is 71.2 Å². The van der Waals surface area contributed by atoms with E-state index in [4.69, 9.17) is 16.3 Å². The molecule has 1 saturated heterocycles. The number of para-hydroxylation sites is 1. The van der Waals surface area contributed by atoms with Gasteiger partial charge in [0, 0.05) is 52.9 Å². The maximum Gasteiger partial charge on any atom is 0.244 e. The van der Waals surface area contributed by atoms with Gasteiger partial charge in [0.05, 0.1) is 31.3 Å². The number of aliphatic hydroxyl groups is 1. The summed E-state index contributed by atoms with van der Waals surface area (Å²) in [6.07, 6.45) is 5.65. The summed E-state index contributed by atoms with van der Waals surface area (Å²) in [5.41, 5.74) is 3.68. The van der Waals surface area contributed by atoms with Crippen LogP contribution in [-0.4, -0.2) is 104 Å². The molecule has 1 aliphatic carbocycles. The first kappa shape index (κ1) is 31.4. The van der Waals surface area contributed by atoms with E-state index in [0.717, 1.165) is 68.4 Å². The number of β-amino-alcohol motifs (C(OH)–C–C–N with tert-alkyl or cyclic N) is 1. The highest BCUT2D eigenvalue weighted by Gasteiger charge is 2.27. The van der Waals surface area contributed by atoms with Gasteiger partial charge in [-0.05, 0) is 61.1 Å². The third-order valence-corrected chi connectivity index (χ3v) is 10.3. The van der Waals surface area contributed by atoms with E-state index < -0.39 is 10.0 Å². The third kappa shape index (κ3) is 7.22. The number of ether oxygens (including phenoxy) is 1. The maximum absolute atomic E-state index is 12.9. The summed E-state index contributed by atoms with van der Waals surface area (Å²) >= 11 is 6.43. The van der Waals surface area contributed by atoms with Crippen LogP contribution in [0.4, 0.5) is 23.1 Å². The van der Waals surface area contributed by atoms with Gasteiger partial charge in [-0.1, -0.05) is 23.7 Å². The molecule has 13 heteroatoms. The van der Waals surface area contributed by atoms with Crippen LogP contribution in [-0.2, 0) is 22.9 Å². The fraction of sp³-hybridized carbons (Fsp3) is 0.467. The molecule has 0 bridgehead atoms. The topological polar surface area (TPSA) is 123 Å². The average Bonchev–Trinajstić information content (AvgIpc) is 3.21. The quantitative estimate of drug-likeness (QED) is 0.286. The highest BCUT2D eigenvalue weighted by Crippen LogP contribution is 2.36. The maximum atomic E-state index is 12.9. The van der Waals surface area contributed by atoms with E-state index in [9.17, 15) is 13.5 Å². The molecular formula is C30H40ClN7O4S. The molecule has 1 atom stereocenters. The number of fused-ring (bicyclic) bond motifs is 1. The number of sulfonamides is 1. The lowest BCUT2D eigenvalue weighted by Crippen LogP contribution is -2.51. The number of halogens is 1. The summed E-state index contributed by atoms with van der Waals surface area (Å²) in [6.45, 7) is 4.98.